The van der Waals surface area contributed by atoms with E-state index in [4.69, 9.17) is 20.8 Å². The summed E-state index contributed by atoms with van der Waals surface area (Å²) in [5.41, 5.74) is 0. The molecule has 1 aromatic heterocycles. The minimum Gasteiger partial charge on any atom is -0.490 e. The lowest BCUT2D eigenvalue weighted by Crippen LogP contribution is -2.08. The van der Waals surface area contributed by atoms with Gasteiger partial charge < -0.3 is 14.3 Å². The van der Waals surface area contributed by atoms with Crippen molar-refractivity contribution in [1.29, 1.82) is 0 Å². The number of aliphatic hydroxyl groups excluding tert-OH is 1. The average Bonchev–Trinajstić information content (AvgIpc) is 2.75. The summed E-state index contributed by atoms with van der Waals surface area (Å²) in [4.78, 5) is 0. The van der Waals surface area contributed by atoms with Crippen LogP contribution in [0.2, 0.25) is 5.02 Å². The molecule has 1 heterocycles. The minimum absolute atomic E-state index is 0.147. The molecule has 2 rings (SSSR count). The summed E-state index contributed by atoms with van der Waals surface area (Å²) in [6, 6.07) is 10.5. The molecule has 0 amide bonds. The highest BCUT2D eigenvalue weighted by Crippen LogP contribution is 2.19. The Hall–Kier alpha value is -1.45. The van der Waals surface area contributed by atoms with Gasteiger partial charge in [0.25, 0.3) is 0 Å². The van der Waals surface area contributed by atoms with Crippen molar-refractivity contribution >= 4 is 11.6 Å². The summed E-state index contributed by atoms with van der Waals surface area (Å²) in [6.45, 7) is 1.98. The Morgan fingerprint density at radius 3 is 2.53 bits per heavy atom. The van der Waals surface area contributed by atoms with Crippen LogP contribution in [0.3, 0.4) is 0 Å². The number of aryl methyl sites for hydroxylation is 1. The quantitative estimate of drug-likeness (QED) is 0.907. The maximum absolute atomic E-state index is 9.80. The third-order valence-corrected chi connectivity index (χ3v) is 2.56. The first-order chi connectivity index (χ1) is 8.15. The summed E-state index contributed by atoms with van der Waals surface area (Å²) in [5, 5.41) is 10.5. The lowest BCUT2D eigenvalue weighted by molar-refractivity contribution is 0.0880. The number of halogens is 1. The molecule has 0 bridgehead atoms. The second kappa shape index (κ2) is 5.25. The van der Waals surface area contributed by atoms with E-state index in [0.717, 1.165) is 5.76 Å². The van der Waals surface area contributed by atoms with Crippen LogP contribution in [-0.4, -0.2) is 11.7 Å². The summed E-state index contributed by atoms with van der Waals surface area (Å²) < 4.78 is 10.7. The van der Waals surface area contributed by atoms with Crippen LogP contribution in [0.4, 0.5) is 0 Å². The van der Waals surface area contributed by atoms with Crippen LogP contribution in [0.25, 0.3) is 0 Å². The molecule has 0 spiro atoms. The first-order valence-electron chi connectivity index (χ1n) is 5.28. The van der Waals surface area contributed by atoms with Crippen molar-refractivity contribution in [1.82, 2.24) is 0 Å². The van der Waals surface area contributed by atoms with E-state index in [9.17, 15) is 5.11 Å². The summed E-state index contributed by atoms with van der Waals surface area (Å²) in [5.74, 6) is 1.94. The van der Waals surface area contributed by atoms with Gasteiger partial charge in [0.15, 0.2) is 0 Å². The van der Waals surface area contributed by atoms with E-state index in [2.05, 4.69) is 0 Å². The van der Waals surface area contributed by atoms with Gasteiger partial charge in [-0.05, 0) is 43.3 Å². The van der Waals surface area contributed by atoms with Gasteiger partial charge in [0.05, 0.1) is 0 Å². The number of aliphatic hydroxyl groups is 1. The van der Waals surface area contributed by atoms with E-state index in [0.29, 0.717) is 16.5 Å². The molecular formula is C13H13ClO3. The molecule has 4 heteroatoms. The number of hydrogen-bond donors (Lipinski definition) is 1. The lowest BCUT2D eigenvalue weighted by Gasteiger charge is -2.10. The Balaban J connectivity index is 1.92. The van der Waals surface area contributed by atoms with Crippen LogP contribution in [0.5, 0.6) is 5.75 Å². The molecule has 0 aliphatic carbocycles. The topological polar surface area (TPSA) is 42.6 Å². The predicted molar refractivity (Wildman–Crippen MR) is 65.4 cm³/mol. The van der Waals surface area contributed by atoms with Crippen molar-refractivity contribution in [2.24, 2.45) is 0 Å². The predicted octanol–water partition coefficient (Wildman–Crippen LogP) is 3.35. The molecule has 0 radical (unpaired) electrons. The van der Waals surface area contributed by atoms with Gasteiger partial charge in [0, 0.05) is 5.02 Å². The number of rotatable bonds is 4. The first-order valence-corrected chi connectivity index (χ1v) is 5.66. The fraction of sp³-hybridized carbons (Fsp3) is 0.231. The number of ether oxygens (including phenoxy) is 1. The zero-order valence-corrected chi connectivity index (χ0v) is 10.1. The smallest absolute Gasteiger partial charge is 0.145 e. The van der Waals surface area contributed by atoms with E-state index in [1.807, 2.05) is 6.92 Å². The molecular weight excluding hydrogens is 240 g/mol. The summed E-state index contributed by atoms with van der Waals surface area (Å²) >= 11 is 5.75. The molecule has 0 saturated heterocycles. The maximum atomic E-state index is 9.80. The van der Waals surface area contributed by atoms with Gasteiger partial charge in [-0.2, -0.15) is 0 Å². The van der Waals surface area contributed by atoms with Gasteiger partial charge in [-0.25, -0.2) is 0 Å². The fourth-order valence-electron chi connectivity index (χ4n) is 1.42. The van der Waals surface area contributed by atoms with Crippen molar-refractivity contribution in [3.8, 4) is 5.75 Å². The number of furan rings is 1. The Labute approximate surface area is 105 Å². The van der Waals surface area contributed by atoms with E-state index in [-0.39, 0.29) is 6.61 Å². The highest BCUT2D eigenvalue weighted by atomic mass is 35.5. The molecule has 1 unspecified atom stereocenters. The second-order valence-corrected chi connectivity index (χ2v) is 4.17. The van der Waals surface area contributed by atoms with E-state index in [1.54, 1.807) is 36.4 Å². The van der Waals surface area contributed by atoms with Crippen LogP contribution < -0.4 is 4.74 Å². The zero-order valence-electron chi connectivity index (χ0n) is 9.39. The Morgan fingerprint density at radius 2 is 1.94 bits per heavy atom. The molecule has 0 saturated carbocycles. The van der Waals surface area contributed by atoms with Crippen LogP contribution in [-0.2, 0) is 0 Å². The largest absolute Gasteiger partial charge is 0.490 e. The minimum atomic E-state index is -0.764. The molecule has 90 valence electrons. The van der Waals surface area contributed by atoms with Crippen LogP contribution in [0.1, 0.15) is 17.6 Å². The van der Waals surface area contributed by atoms with Crippen LogP contribution in [0.15, 0.2) is 40.8 Å². The normalized spacial score (nSPS) is 12.4. The summed E-state index contributed by atoms with van der Waals surface area (Å²) in [7, 11) is 0. The number of hydrogen-bond acceptors (Lipinski definition) is 3. The molecule has 3 nitrogen and oxygen atoms in total. The van der Waals surface area contributed by atoms with E-state index in [1.165, 1.54) is 0 Å². The molecule has 0 fully saturated rings. The Kier molecular flexibility index (Phi) is 3.71. The highest BCUT2D eigenvalue weighted by molar-refractivity contribution is 6.30. The third-order valence-electron chi connectivity index (χ3n) is 2.31. The molecule has 1 N–H and O–H groups in total. The molecule has 1 atom stereocenters. The van der Waals surface area contributed by atoms with Gasteiger partial charge in [-0.15, -0.1) is 0 Å². The van der Waals surface area contributed by atoms with Crippen LogP contribution in [0, 0.1) is 6.92 Å². The van der Waals surface area contributed by atoms with Crippen molar-refractivity contribution < 1.29 is 14.3 Å². The Bertz CT molecular complexity index is 476. The van der Waals surface area contributed by atoms with E-state index >= 15 is 0 Å². The van der Waals surface area contributed by atoms with Gasteiger partial charge >= 0.3 is 0 Å². The molecule has 1 aromatic carbocycles. The van der Waals surface area contributed by atoms with Crippen molar-refractivity contribution in [2.45, 2.75) is 13.0 Å². The highest BCUT2D eigenvalue weighted by Gasteiger charge is 2.12. The Morgan fingerprint density at radius 1 is 1.24 bits per heavy atom. The zero-order chi connectivity index (χ0) is 12.3. The monoisotopic (exact) mass is 252 g/mol. The van der Waals surface area contributed by atoms with Crippen LogP contribution >= 0.6 is 11.6 Å². The molecule has 2 aromatic rings. The fourth-order valence-corrected chi connectivity index (χ4v) is 1.55. The standard InChI is InChI=1S/C13H13ClO3/c1-9-2-7-13(17-9)12(15)8-16-11-5-3-10(14)4-6-11/h2-7,12,15H,8H2,1H3. The van der Waals surface area contributed by atoms with Crippen molar-refractivity contribution in [3.63, 3.8) is 0 Å². The average molecular weight is 253 g/mol. The first kappa shape index (κ1) is 12.0. The maximum Gasteiger partial charge on any atom is 0.145 e. The molecule has 0 aliphatic rings. The second-order valence-electron chi connectivity index (χ2n) is 3.73. The third kappa shape index (κ3) is 3.25. The van der Waals surface area contributed by atoms with Crippen molar-refractivity contribution in [2.75, 3.05) is 6.61 Å². The molecule has 0 aliphatic heterocycles. The van der Waals surface area contributed by atoms with E-state index < -0.39 is 6.10 Å². The SMILES string of the molecule is Cc1ccc(C(O)COc2ccc(Cl)cc2)o1. The summed E-state index contributed by atoms with van der Waals surface area (Å²) in [6.07, 6.45) is -0.764. The molecule has 17 heavy (non-hydrogen) atoms. The number of benzene rings is 1. The van der Waals surface area contributed by atoms with Gasteiger partial charge in [-0.1, -0.05) is 11.6 Å². The van der Waals surface area contributed by atoms with Gasteiger partial charge in [-0.3, -0.25) is 0 Å². The van der Waals surface area contributed by atoms with Crippen molar-refractivity contribution in [3.05, 3.63) is 52.9 Å². The lowest BCUT2D eigenvalue weighted by atomic mass is 10.3. The van der Waals surface area contributed by atoms with Gasteiger partial charge in [0.2, 0.25) is 0 Å². The van der Waals surface area contributed by atoms with Gasteiger partial charge in [0.1, 0.15) is 30.0 Å².